The van der Waals surface area contributed by atoms with E-state index in [0.717, 1.165) is 39.3 Å². The molecule has 2 aromatic heterocycles. The highest BCUT2D eigenvalue weighted by Gasteiger charge is 2.34. The Kier molecular flexibility index (Phi) is 6.04. The summed E-state index contributed by atoms with van der Waals surface area (Å²) in [6.07, 6.45) is 5.08. The Morgan fingerprint density at radius 1 is 1.17 bits per heavy atom. The Balaban J connectivity index is 1.22. The molecule has 35 heavy (non-hydrogen) atoms. The molecule has 4 heterocycles. The fourth-order valence-corrected chi connectivity index (χ4v) is 4.96. The summed E-state index contributed by atoms with van der Waals surface area (Å²) in [5.41, 5.74) is 3.82. The van der Waals surface area contributed by atoms with Gasteiger partial charge >= 0.3 is 0 Å². The highest BCUT2D eigenvalue weighted by molar-refractivity contribution is 8.18. The smallest absolute Gasteiger partial charge is 0.293 e. The van der Waals surface area contributed by atoms with Crippen LogP contribution in [0.5, 0.6) is 11.5 Å². The number of carbonyl (C=O) groups excluding carboxylic acids is 3. The van der Waals surface area contributed by atoms with Gasteiger partial charge in [0.25, 0.3) is 17.1 Å². The van der Waals surface area contributed by atoms with Crippen molar-refractivity contribution in [2.75, 3.05) is 19.9 Å². The van der Waals surface area contributed by atoms with Crippen molar-refractivity contribution in [1.82, 2.24) is 19.8 Å². The molecule has 9 nitrogen and oxygen atoms in total. The minimum atomic E-state index is -0.387. The molecular formula is C25H22N4O5S. The van der Waals surface area contributed by atoms with Gasteiger partial charge in [0.1, 0.15) is 0 Å². The lowest BCUT2D eigenvalue weighted by atomic mass is 10.2. The zero-order chi connectivity index (χ0) is 24.5. The molecule has 1 fully saturated rings. The van der Waals surface area contributed by atoms with Crippen LogP contribution in [0, 0.1) is 13.8 Å². The van der Waals surface area contributed by atoms with Crippen LogP contribution >= 0.6 is 11.8 Å². The summed E-state index contributed by atoms with van der Waals surface area (Å²) < 4.78 is 12.6. The Morgan fingerprint density at radius 2 is 2.00 bits per heavy atom. The topological polar surface area (TPSA) is 103 Å². The first-order valence-electron chi connectivity index (χ1n) is 10.9. The number of nitrogens with one attached hydrogen (secondary N) is 1. The highest BCUT2D eigenvalue weighted by Crippen LogP contribution is 2.36. The van der Waals surface area contributed by atoms with E-state index >= 15 is 0 Å². The number of imide groups is 1. The number of benzene rings is 1. The standard InChI is InChI=1S/C25H22N4O5S/c1-15-10-19(16(2)29(15)18-4-3-7-26-13-18)23(30)27-8-9-28-24(31)22(35-25(28)32)12-17-5-6-20-21(11-17)34-14-33-20/h3-7,10-13H,8-9,14H2,1-2H3,(H,27,30)/b22-12-. The molecular weight excluding hydrogens is 468 g/mol. The SMILES string of the molecule is Cc1cc(C(=O)NCCN2C(=O)S/C(=C\c3ccc4c(c3)OCO4)C2=O)c(C)n1-c1cccnc1. The molecule has 1 saturated heterocycles. The summed E-state index contributed by atoms with van der Waals surface area (Å²) in [7, 11) is 0. The van der Waals surface area contributed by atoms with Gasteiger partial charge in [-0.15, -0.1) is 0 Å². The maximum Gasteiger partial charge on any atom is 0.293 e. The number of carbonyl (C=O) groups is 3. The third-order valence-corrected chi connectivity index (χ3v) is 6.68. The molecule has 0 bridgehead atoms. The summed E-state index contributed by atoms with van der Waals surface area (Å²) >= 11 is 0.875. The molecule has 0 radical (unpaired) electrons. The zero-order valence-corrected chi connectivity index (χ0v) is 19.9. The third kappa shape index (κ3) is 4.40. The van der Waals surface area contributed by atoms with Crippen molar-refractivity contribution in [1.29, 1.82) is 0 Å². The van der Waals surface area contributed by atoms with Gasteiger partial charge in [0, 0.05) is 30.7 Å². The molecule has 1 aromatic carbocycles. The zero-order valence-electron chi connectivity index (χ0n) is 19.1. The molecule has 5 rings (SSSR count). The van der Waals surface area contributed by atoms with Crippen molar-refractivity contribution in [3.05, 3.63) is 76.2 Å². The van der Waals surface area contributed by atoms with Crippen LogP contribution in [-0.2, 0) is 4.79 Å². The van der Waals surface area contributed by atoms with Gasteiger partial charge in [-0.2, -0.15) is 0 Å². The van der Waals surface area contributed by atoms with Crippen molar-refractivity contribution < 1.29 is 23.9 Å². The van der Waals surface area contributed by atoms with Crippen molar-refractivity contribution in [2.45, 2.75) is 13.8 Å². The van der Waals surface area contributed by atoms with E-state index in [1.165, 1.54) is 0 Å². The van der Waals surface area contributed by atoms with Crippen molar-refractivity contribution in [3.63, 3.8) is 0 Å². The fraction of sp³-hybridized carbons (Fsp3) is 0.200. The van der Waals surface area contributed by atoms with Crippen LogP contribution in [0.4, 0.5) is 4.79 Å². The number of hydrogen-bond acceptors (Lipinski definition) is 7. The lowest BCUT2D eigenvalue weighted by molar-refractivity contribution is -0.122. The first kappa shape index (κ1) is 22.7. The third-order valence-electron chi connectivity index (χ3n) is 5.77. The first-order chi connectivity index (χ1) is 16.9. The van der Waals surface area contributed by atoms with Crippen LogP contribution in [0.1, 0.15) is 27.3 Å². The Hall–Kier alpha value is -4.05. The number of rotatable bonds is 6. The van der Waals surface area contributed by atoms with E-state index in [1.807, 2.05) is 36.6 Å². The number of thioether (sulfide) groups is 1. The molecule has 0 aliphatic carbocycles. The average Bonchev–Trinajstić information content (AvgIpc) is 3.51. The molecule has 1 N–H and O–H groups in total. The number of ether oxygens (including phenoxy) is 2. The van der Waals surface area contributed by atoms with Crippen LogP contribution in [0.2, 0.25) is 0 Å². The van der Waals surface area contributed by atoms with Crippen LogP contribution in [0.25, 0.3) is 11.8 Å². The molecule has 3 aromatic rings. The molecule has 3 amide bonds. The molecule has 0 saturated carbocycles. The number of fused-ring (bicyclic) bond motifs is 1. The van der Waals surface area contributed by atoms with Crippen LogP contribution < -0.4 is 14.8 Å². The molecule has 2 aliphatic heterocycles. The second-order valence-electron chi connectivity index (χ2n) is 8.03. The van der Waals surface area contributed by atoms with E-state index in [1.54, 1.807) is 36.7 Å². The average molecular weight is 491 g/mol. The van der Waals surface area contributed by atoms with Gasteiger partial charge in [-0.25, -0.2) is 0 Å². The molecule has 0 unspecified atom stereocenters. The summed E-state index contributed by atoms with van der Waals surface area (Å²) in [6, 6.07) is 10.9. The number of aromatic nitrogens is 2. The second kappa shape index (κ2) is 9.30. The first-order valence-corrected chi connectivity index (χ1v) is 11.8. The van der Waals surface area contributed by atoms with E-state index in [0.29, 0.717) is 22.0 Å². The molecule has 0 spiro atoms. The van der Waals surface area contributed by atoms with E-state index in [9.17, 15) is 14.4 Å². The van der Waals surface area contributed by atoms with Gasteiger partial charge in [-0.3, -0.25) is 24.3 Å². The lowest BCUT2D eigenvalue weighted by Gasteiger charge is -2.13. The number of amides is 3. The van der Waals surface area contributed by atoms with Crippen LogP contribution in [-0.4, -0.2) is 51.4 Å². The normalized spacial score (nSPS) is 15.8. The number of nitrogens with zero attached hydrogens (tertiary/aromatic N) is 3. The number of aryl methyl sites for hydroxylation is 1. The van der Waals surface area contributed by atoms with Gasteiger partial charge in [0.05, 0.1) is 22.4 Å². The molecule has 10 heteroatoms. The summed E-state index contributed by atoms with van der Waals surface area (Å²) in [5, 5.41) is 2.45. The minimum Gasteiger partial charge on any atom is -0.454 e. The Labute approximate surface area is 205 Å². The maximum atomic E-state index is 12.8. The predicted molar refractivity (Wildman–Crippen MR) is 131 cm³/mol. The Bertz CT molecular complexity index is 1370. The van der Waals surface area contributed by atoms with Gasteiger partial charge < -0.3 is 19.4 Å². The van der Waals surface area contributed by atoms with Gasteiger partial charge in [0.2, 0.25) is 6.79 Å². The van der Waals surface area contributed by atoms with Crippen LogP contribution in [0.3, 0.4) is 0 Å². The quantitative estimate of drug-likeness (QED) is 0.526. The van der Waals surface area contributed by atoms with Crippen molar-refractivity contribution in [2.24, 2.45) is 0 Å². The molecule has 0 atom stereocenters. The number of hydrogen-bond donors (Lipinski definition) is 1. The molecule has 2 aliphatic rings. The number of pyridine rings is 1. The van der Waals surface area contributed by atoms with E-state index in [2.05, 4.69) is 10.3 Å². The van der Waals surface area contributed by atoms with E-state index in [-0.39, 0.29) is 36.9 Å². The minimum absolute atomic E-state index is 0.0796. The summed E-state index contributed by atoms with van der Waals surface area (Å²) in [5.74, 6) is 0.591. The second-order valence-corrected chi connectivity index (χ2v) is 9.03. The van der Waals surface area contributed by atoms with Gasteiger partial charge in [-0.1, -0.05) is 6.07 Å². The fourth-order valence-electron chi connectivity index (χ4n) is 4.10. The van der Waals surface area contributed by atoms with E-state index < -0.39 is 0 Å². The summed E-state index contributed by atoms with van der Waals surface area (Å²) in [4.78, 5) is 43.7. The van der Waals surface area contributed by atoms with Crippen molar-refractivity contribution in [3.8, 4) is 17.2 Å². The van der Waals surface area contributed by atoms with Crippen molar-refractivity contribution >= 4 is 34.9 Å². The van der Waals surface area contributed by atoms with E-state index in [4.69, 9.17) is 9.47 Å². The monoisotopic (exact) mass is 490 g/mol. The summed E-state index contributed by atoms with van der Waals surface area (Å²) in [6.45, 7) is 4.17. The largest absolute Gasteiger partial charge is 0.454 e. The lowest BCUT2D eigenvalue weighted by Crippen LogP contribution is -2.37. The molecule has 178 valence electrons. The maximum absolute atomic E-state index is 12.8. The van der Waals surface area contributed by atoms with Gasteiger partial charge in [-0.05, 0) is 67.6 Å². The highest BCUT2D eigenvalue weighted by atomic mass is 32.2. The Morgan fingerprint density at radius 3 is 2.80 bits per heavy atom. The van der Waals surface area contributed by atoms with Gasteiger partial charge in [0.15, 0.2) is 11.5 Å². The van der Waals surface area contributed by atoms with Crippen LogP contribution in [0.15, 0.2) is 53.7 Å². The predicted octanol–water partition coefficient (Wildman–Crippen LogP) is 3.68.